The van der Waals surface area contributed by atoms with Gasteiger partial charge in [0.25, 0.3) is 0 Å². The van der Waals surface area contributed by atoms with E-state index in [9.17, 15) is 4.39 Å². The molecule has 0 aliphatic carbocycles. The second-order valence-electron chi connectivity index (χ2n) is 4.59. The Bertz CT molecular complexity index is 388. The van der Waals surface area contributed by atoms with Gasteiger partial charge in [-0.2, -0.15) is 11.8 Å². The van der Waals surface area contributed by atoms with Crippen molar-refractivity contribution in [1.82, 2.24) is 15.2 Å². The molecule has 1 aliphatic heterocycles. The minimum absolute atomic E-state index is 0.149. The van der Waals surface area contributed by atoms with E-state index in [1.54, 1.807) is 12.3 Å². The highest BCUT2D eigenvalue weighted by atomic mass is 32.2. The summed E-state index contributed by atoms with van der Waals surface area (Å²) in [6.07, 6.45) is 3.02. The van der Waals surface area contributed by atoms with E-state index in [4.69, 9.17) is 0 Å². The van der Waals surface area contributed by atoms with Crippen LogP contribution in [0.15, 0.2) is 18.5 Å². The van der Waals surface area contributed by atoms with Crippen molar-refractivity contribution in [1.29, 1.82) is 0 Å². The average molecular weight is 269 g/mol. The van der Waals surface area contributed by atoms with Crippen LogP contribution in [0.4, 0.5) is 4.39 Å². The monoisotopic (exact) mass is 269 g/mol. The Morgan fingerprint density at radius 2 is 2.44 bits per heavy atom. The van der Waals surface area contributed by atoms with Gasteiger partial charge in [-0.3, -0.25) is 9.88 Å². The molecule has 3 nitrogen and oxygen atoms in total. The van der Waals surface area contributed by atoms with Gasteiger partial charge in [-0.05, 0) is 25.2 Å². The smallest absolute Gasteiger partial charge is 0.141 e. The number of rotatable bonds is 4. The van der Waals surface area contributed by atoms with Gasteiger partial charge in [-0.1, -0.05) is 6.92 Å². The molecular weight excluding hydrogens is 249 g/mol. The first-order valence-corrected chi connectivity index (χ1v) is 7.49. The van der Waals surface area contributed by atoms with Crippen molar-refractivity contribution < 1.29 is 4.39 Å². The highest BCUT2D eigenvalue weighted by Gasteiger charge is 2.28. The zero-order valence-electron chi connectivity index (χ0n) is 10.9. The number of hydrogen-bond donors (Lipinski definition) is 1. The van der Waals surface area contributed by atoms with Crippen molar-refractivity contribution in [3.05, 3.63) is 29.8 Å². The lowest BCUT2D eigenvalue weighted by molar-refractivity contribution is 0.216. The van der Waals surface area contributed by atoms with Crippen LogP contribution in [0.3, 0.4) is 0 Å². The maximum absolute atomic E-state index is 13.3. The number of halogens is 1. The molecule has 1 aliphatic rings. The van der Waals surface area contributed by atoms with E-state index < -0.39 is 0 Å². The fraction of sp³-hybridized carbons (Fsp3) is 0.615. The van der Waals surface area contributed by atoms with Crippen LogP contribution in [0.1, 0.15) is 18.5 Å². The molecule has 2 rings (SSSR count). The molecule has 1 saturated heterocycles. The molecule has 0 spiro atoms. The second kappa shape index (κ2) is 6.50. The van der Waals surface area contributed by atoms with E-state index in [1.165, 1.54) is 11.9 Å². The molecule has 2 atom stereocenters. The minimum Gasteiger partial charge on any atom is -0.309 e. The van der Waals surface area contributed by atoms with Crippen molar-refractivity contribution in [2.45, 2.75) is 19.0 Å². The van der Waals surface area contributed by atoms with Crippen LogP contribution in [-0.4, -0.2) is 47.6 Å². The fourth-order valence-corrected chi connectivity index (χ4v) is 3.62. The Balaban J connectivity index is 2.21. The SMILES string of the molecule is CCNC(c1cncc(F)c1)C1CSCCN1C. The van der Waals surface area contributed by atoms with E-state index in [1.807, 2.05) is 11.8 Å². The Labute approximate surface area is 112 Å². The van der Waals surface area contributed by atoms with Gasteiger partial charge < -0.3 is 5.32 Å². The summed E-state index contributed by atoms with van der Waals surface area (Å²) < 4.78 is 13.3. The van der Waals surface area contributed by atoms with E-state index >= 15 is 0 Å². The molecule has 2 unspecified atom stereocenters. The Morgan fingerprint density at radius 1 is 1.61 bits per heavy atom. The summed E-state index contributed by atoms with van der Waals surface area (Å²) in [4.78, 5) is 6.32. The third-order valence-electron chi connectivity index (χ3n) is 3.34. The molecule has 18 heavy (non-hydrogen) atoms. The Hall–Kier alpha value is -0.650. The third kappa shape index (κ3) is 3.22. The molecule has 2 heterocycles. The van der Waals surface area contributed by atoms with E-state index in [-0.39, 0.29) is 11.9 Å². The Morgan fingerprint density at radius 3 is 3.11 bits per heavy atom. The Kier molecular flexibility index (Phi) is 4.97. The van der Waals surface area contributed by atoms with Gasteiger partial charge in [-0.15, -0.1) is 0 Å². The van der Waals surface area contributed by atoms with Gasteiger partial charge >= 0.3 is 0 Å². The number of likely N-dealkylation sites (N-methyl/N-ethyl adjacent to an activating group) is 2. The van der Waals surface area contributed by atoms with E-state index in [0.717, 1.165) is 24.4 Å². The first-order chi connectivity index (χ1) is 8.72. The quantitative estimate of drug-likeness (QED) is 0.904. The number of nitrogens with zero attached hydrogens (tertiary/aromatic N) is 2. The van der Waals surface area contributed by atoms with Gasteiger partial charge in [0.2, 0.25) is 0 Å². The summed E-state index contributed by atoms with van der Waals surface area (Å²) in [7, 11) is 2.14. The van der Waals surface area contributed by atoms with E-state index in [0.29, 0.717) is 6.04 Å². The van der Waals surface area contributed by atoms with Crippen LogP contribution < -0.4 is 5.32 Å². The predicted molar refractivity (Wildman–Crippen MR) is 74.4 cm³/mol. The largest absolute Gasteiger partial charge is 0.309 e. The maximum Gasteiger partial charge on any atom is 0.141 e. The molecule has 1 aromatic rings. The molecule has 1 aromatic heterocycles. The molecule has 0 radical (unpaired) electrons. The minimum atomic E-state index is -0.262. The number of hydrogen-bond acceptors (Lipinski definition) is 4. The van der Waals surface area contributed by atoms with Crippen LogP contribution in [0, 0.1) is 5.82 Å². The first kappa shape index (κ1) is 13.8. The fourth-order valence-electron chi connectivity index (χ4n) is 2.35. The summed E-state index contributed by atoms with van der Waals surface area (Å²) in [6.45, 7) is 4.03. The van der Waals surface area contributed by atoms with E-state index in [2.05, 4.69) is 29.2 Å². The lowest BCUT2D eigenvalue weighted by Crippen LogP contribution is -2.47. The van der Waals surface area contributed by atoms with Gasteiger partial charge in [0.05, 0.1) is 12.2 Å². The van der Waals surface area contributed by atoms with Crippen molar-refractivity contribution in [3.63, 3.8) is 0 Å². The molecule has 1 N–H and O–H groups in total. The summed E-state index contributed by atoms with van der Waals surface area (Å²) >= 11 is 1.96. The lowest BCUT2D eigenvalue weighted by atomic mass is 10.0. The van der Waals surface area contributed by atoms with Crippen molar-refractivity contribution in [2.75, 3.05) is 31.6 Å². The maximum atomic E-state index is 13.3. The standard InChI is InChI=1S/C13H20FN3S/c1-3-16-13(10-6-11(14)8-15-7-10)12-9-18-5-4-17(12)2/h6-8,12-13,16H,3-5,9H2,1-2H3. The highest BCUT2D eigenvalue weighted by molar-refractivity contribution is 7.99. The number of pyridine rings is 1. The van der Waals surface area contributed by atoms with Crippen LogP contribution in [-0.2, 0) is 0 Å². The van der Waals surface area contributed by atoms with Crippen molar-refractivity contribution in [3.8, 4) is 0 Å². The van der Waals surface area contributed by atoms with Gasteiger partial charge in [0, 0.05) is 30.3 Å². The van der Waals surface area contributed by atoms with Crippen LogP contribution in [0.2, 0.25) is 0 Å². The molecule has 0 bridgehead atoms. The summed E-state index contributed by atoms with van der Waals surface area (Å²) in [5.41, 5.74) is 0.941. The zero-order valence-corrected chi connectivity index (χ0v) is 11.7. The van der Waals surface area contributed by atoms with Crippen LogP contribution >= 0.6 is 11.8 Å². The van der Waals surface area contributed by atoms with Gasteiger partial charge in [0.1, 0.15) is 5.82 Å². The summed E-state index contributed by atoms with van der Waals surface area (Å²) in [5, 5.41) is 3.46. The third-order valence-corrected chi connectivity index (χ3v) is 4.39. The number of nitrogens with one attached hydrogen (secondary N) is 1. The molecular formula is C13H20FN3S. The van der Waals surface area contributed by atoms with Crippen LogP contribution in [0.25, 0.3) is 0 Å². The molecule has 0 saturated carbocycles. The molecule has 5 heteroatoms. The number of aromatic nitrogens is 1. The van der Waals surface area contributed by atoms with Gasteiger partial charge in [0.15, 0.2) is 0 Å². The van der Waals surface area contributed by atoms with Crippen LogP contribution in [0.5, 0.6) is 0 Å². The normalized spacial score (nSPS) is 22.9. The lowest BCUT2D eigenvalue weighted by Gasteiger charge is -2.38. The topological polar surface area (TPSA) is 28.2 Å². The highest BCUT2D eigenvalue weighted by Crippen LogP contribution is 2.26. The molecule has 0 amide bonds. The van der Waals surface area contributed by atoms with Crippen molar-refractivity contribution in [2.24, 2.45) is 0 Å². The zero-order chi connectivity index (χ0) is 13.0. The van der Waals surface area contributed by atoms with Gasteiger partial charge in [-0.25, -0.2) is 4.39 Å². The molecule has 0 aromatic carbocycles. The first-order valence-electron chi connectivity index (χ1n) is 6.34. The molecule has 100 valence electrons. The van der Waals surface area contributed by atoms with Crippen molar-refractivity contribution >= 4 is 11.8 Å². The number of thioether (sulfide) groups is 1. The second-order valence-corrected chi connectivity index (χ2v) is 5.74. The molecule has 1 fully saturated rings. The average Bonchev–Trinajstić information content (AvgIpc) is 2.37. The summed E-state index contributed by atoms with van der Waals surface area (Å²) in [5.74, 6) is 1.99. The predicted octanol–water partition coefficient (Wildman–Crippen LogP) is 1.92. The summed E-state index contributed by atoms with van der Waals surface area (Å²) in [6, 6.07) is 2.14.